The van der Waals surface area contributed by atoms with Crippen molar-refractivity contribution in [2.75, 3.05) is 50.6 Å². The molecule has 0 bridgehead atoms. The van der Waals surface area contributed by atoms with Crippen LogP contribution in [0.3, 0.4) is 0 Å². The highest BCUT2D eigenvalue weighted by Gasteiger charge is 2.30. The van der Waals surface area contributed by atoms with Gasteiger partial charge in [-0.15, -0.1) is 0 Å². The molecule has 0 unspecified atom stereocenters. The molecule has 2 heterocycles. The van der Waals surface area contributed by atoms with Crippen molar-refractivity contribution < 1.29 is 4.57 Å². The van der Waals surface area contributed by atoms with Gasteiger partial charge in [0.15, 0.2) is 0 Å². The Morgan fingerprint density at radius 2 is 1.67 bits per heavy atom. The fourth-order valence-electron chi connectivity index (χ4n) is 3.31. The molecule has 0 saturated carbocycles. The second kappa shape index (κ2) is 6.51. The first-order valence-electron chi connectivity index (χ1n) is 7.99. The average molecular weight is 307 g/mol. The Morgan fingerprint density at radius 3 is 2.29 bits per heavy atom. The number of benzene rings is 1. The number of anilines is 1. The number of rotatable bonds is 3. The summed E-state index contributed by atoms with van der Waals surface area (Å²) in [7, 11) is -1.80. The summed E-state index contributed by atoms with van der Waals surface area (Å²) in [6, 6.07) is 11.1. The Morgan fingerprint density at radius 1 is 1.05 bits per heavy atom. The standard InChI is InChI=1S/C16H26N3OP/c1-21(20)13-11-18(12-14-21)16-7-9-19(10-8-16)17-15-5-3-2-4-6-15/h2-6,16-17H,7-14H2,1H3. The lowest BCUT2D eigenvalue weighted by Crippen LogP contribution is -2.49. The van der Waals surface area contributed by atoms with E-state index in [2.05, 4.69) is 39.6 Å². The van der Waals surface area contributed by atoms with Crippen LogP contribution in [-0.2, 0) is 4.57 Å². The highest BCUT2D eigenvalue weighted by atomic mass is 31.2. The zero-order valence-electron chi connectivity index (χ0n) is 12.9. The molecule has 1 N–H and O–H groups in total. The summed E-state index contributed by atoms with van der Waals surface area (Å²) in [5, 5.41) is 2.32. The molecule has 116 valence electrons. The molecule has 5 heteroatoms. The molecule has 2 fully saturated rings. The van der Waals surface area contributed by atoms with Gasteiger partial charge in [-0.3, -0.25) is 4.90 Å². The number of nitrogens with zero attached hydrogens (tertiary/aromatic N) is 2. The van der Waals surface area contributed by atoms with Crippen molar-refractivity contribution in [2.24, 2.45) is 0 Å². The molecular formula is C16H26N3OP. The summed E-state index contributed by atoms with van der Waals surface area (Å²) in [5.74, 6) is 0. The fraction of sp³-hybridized carbons (Fsp3) is 0.625. The van der Waals surface area contributed by atoms with Gasteiger partial charge in [0.1, 0.15) is 0 Å². The lowest BCUT2D eigenvalue weighted by molar-refractivity contribution is 0.128. The topological polar surface area (TPSA) is 35.6 Å². The van der Waals surface area contributed by atoms with Crippen LogP contribution >= 0.6 is 7.14 Å². The normalized spacial score (nSPS) is 24.8. The van der Waals surface area contributed by atoms with Crippen molar-refractivity contribution in [3.05, 3.63) is 30.3 Å². The second-order valence-electron chi connectivity index (χ2n) is 6.48. The van der Waals surface area contributed by atoms with Gasteiger partial charge in [-0.25, -0.2) is 5.01 Å². The van der Waals surface area contributed by atoms with E-state index in [1.807, 2.05) is 12.7 Å². The van der Waals surface area contributed by atoms with Crippen LogP contribution in [0.5, 0.6) is 0 Å². The van der Waals surface area contributed by atoms with Crippen molar-refractivity contribution in [1.29, 1.82) is 0 Å². The van der Waals surface area contributed by atoms with E-state index in [4.69, 9.17) is 0 Å². The van der Waals surface area contributed by atoms with Gasteiger partial charge in [0, 0.05) is 50.2 Å². The predicted molar refractivity (Wildman–Crippen MR) is 89.5 cm³/mol. The second-order valence-corrected chi connectivity index (χ2v) is 9.96. The van der Waals surface area contributed by atoms with Gasteiger partial charge in [0.25, 0.3) is 0 Å². The van der Waals surface area contributed by atoms with Crippen molar-refractivity contribution in [3.8, 4) is 0 Å². The van der Waals surface area contributed by atoms with Crippen LogP contribution in [0.25, 0.3) is 0 Å². The van der Waals surface area contributed by atoms with Gasteiger partial charge in [-0.1, -0.05) is 18.2 Å². The molecule has 3 rings (SSSR count). The molecule has 2 aliphatic rings. The highest BCUT2D eigenvalue weighted by Crippen LogP contribution is 2.43. The Labute approximate surface area is 127 Å². The van der Waals surface area contributed by atoms with E-state index in [9.17, 15) is 4.57 Å². The van der Waals surface area contributed by atoms with Gasteiger partial charge in [-0.05, 0) is 31.6 Å². The van der Waals surface area contributed by atoms with Crippen LogP contribution in [-0.4, -0.2) is 61.1 Å². The summed E-state index contributed by atoms with van der Waals surface area (Å²) < 4.78 is 12.1. The van der Waals surface area contributed by atoms with Crippen LogP contribution in [0.2, 0.25) is 0 Å². The average Bonchev–Trinajstić information content (AvgIpc) is 2.49. The third-order valence-electron chi connectivity index (χ3n) is 4.76. The number of hydrogen-bond acceptors (Lipinski definition) is 4. The monoisotopic (exact) mass is 307 g/mol. The van der Waals surface area contributed by atoms with Crippen LogP contribution in [0.4, 0.5) is 5.69 Å². The van der Waals surface area contributed by atoms with Gasteiger partial charge in [0.2, 0.25) is 0 Å². The number of hydrazine groups is 1. The largest absolute Gasteiger partial charge is 0.324 e. The number of hydrogen-bond donors (Lipinski definition) is 1. The molecule has 0 spiro atoms. The van der Waals surface area contributed by atoms with E-state index < -0.39 is 7.14 Å². The van der Waals surface area contributed by atoms with Crippen LogP contribution in [0.15, 0.2) is 30.3 Å². The summed E-state index contributed by atoms with van der Waals surface area (Å²) in [4.78, 5) is 2.57. The van der Waals surface area contributed by atoms with E-state index in [0.717, 1.165) is 38.5 Å². The predicted octanol–water partition coefficient (Wildman–Crippen LogP) is 2.79. The SMILES string of the molecule is CP1(=O)CCN(C2CCN(Nc3ccccc3)CC2)CC1. The Hall–Kier alpha value is -0.830. The van der Waals surface area contributed by atoms with Crippen molar-refractivity contribution in [3.63, 3.8) is 0 Å². The molecule has 0 atom stereocenters. The highest BCUT2D eigenvalue weighted by molar-refractivity contribution is 7.63. The molecule has 1 aromatic rings. The third kappa shape index (κ3) is 4.09. The lowest BCUT2D eigenvalue weighted by atomic mass is 10.0. The summed E-state index contributed by atoms with van der Waals surface area (Å²) >= 11 is 0. The van der Waals surface area contributed by atoms with Crippen LogP contribution < -0.4 is 5.43 Å². The minimum absolute atomic E-state index is 0.680. The summed E-state index contributed by atoms with van der Waals surface area (Å²) in [5.41, 5.74) is 4.66. The van der Waals surface area contributed by atoms with Crippen molar-refractivity contribution in [1.82, 2.24) is 9.91 Å². The Kier molecular flexibility index (Phi) is 4.68. The molecule has 1 aromatic carbocycles. The van der Waals surface area contributed by atoms with Gasteiger partial charge in [0.05, 0.1) is 7.14 Å². The van der Waals surface area contributed by atoms with Gasteiger partial charge >= 0.3 is 0 Å². The first-order valence-corrected chi connectivity index (χ1v) is 10.5. The molecule has 0 aliphatic carbocycles. The minimum Gasteiger partial charge on any atom is -0.324 e. The van der Waals surface area contributed by atoms with Crippen molar-refractivity contribution in [2.45, 2.75) is 18.9 Å². The summed E-state index contributed by atoms with van der Waals surface area (Å²) in [6.45, 7) is 6.20. The quantitative estimate of drug-likeness (QED) is 0.871. The fourth-order valence-corrected chi connectivity index (χ4v) is 4.89. The first kappa shape index (κ1) is 15.1. The van der Waals surface area contributed by atoms with Gasteiger partial charge in [-0.2, -0.15) is 0 Å². The number of piperidine rings is 1. The molecule has 0 amide bonds. The summed E-state index contributed by atoms with van der Waals surface area (Å²) in [6.07, 6.45) is 4.23. The van der Waals surface area contributed by atoms with Gasteiger partial charge < -0.3 is 9.99 Å². The maximum absolute atomic E-state index is 12.1. The molecule has 4 nitrogen and oxygen atoms in total. The van der Waals surface area contributed by atoms with E-state index in [-0.39, 0.29) is 0 Å². The zero-order chi connectivity index (χ0) is 14.7. The minimum atomic E-state index is -1.80. The van der Waals surface area contributed by atoms with Crippen LogP contribution in [0, 0.1) is 0 Å². The Balaban J connectivity index is 1.46. The van der Waals surface area contributed by atoms with E-state index in [1.54, 1.807) is 0 Å². The van der Waals surface area contributed by atoms with E-state index >= 15 is 0 Å². The zero-order valence-corrected chi connectivity index (χ0v) is 13.8. The van der Waals surface area contributed by atoms with E-state index in [1.165, 1.54) is 18.5 Å². The van der Waals surface area contributed by atoms with E-state index in [0.29, 0.717) is 6.04 Å². The maximum Gasteiger partial charge on any atom is 0.0873 e. The Bertz CT molecular complexity index is 488. The maximum atomic E-state index is 12.1. The molecule has 21 heavy (non-hydrogen) atoms. The smallest absolute Gasteiger partial charge is 0.0873 e. The molecule has 2 aliphatic heterocycles. The third-order valence-corrected chi connectivity index (χ3v) is 7.05. The number of para-hydroxylation sites is 1. The molecular weight excluding hydrogens is 281 g/mol. The van der Waals surface area contributed by atoms with Crippen molar-refractivity contribution >= 4 is 12.8 Å². The molecule has 2 saturated heterocycles. The molecule has 0 aromatic heterocycles. The molecule has 0 radical (unpaired) electrons. The first-order chi connectivity index (χ1) is 10.1. The number of nitrogens with one attached hydrogen (secondary N) is 1. The lowest BCUT2D eigenvalue weighted by Gasteiger charge is -2.41. The van der Waals surface area contributed by atoms with Crippen LogP contribution in [0.1, 0.15) is 12.8 Å².